The van der Waals surface area contributed by atoms with Crippen LogP contribution >= 0.6 is 11.8 Å². The summed E-state index contributed by atoms with van der Waals surface area (Å²) in [6, 6.07) is 8.33. The summed E-state index contributed by atoms with van der Waals surface area (Å²) >= 11 is 1.64. The number of amidine groups is 1. The number of anilines is 1. The molecule has 0 fully saturated rings. The summed E-state index contributed by atoms with van der Waals surface area (Å²) in [4.78, 5) is 5.83. The van der Waals surface area contributed by atoms with Gasteiger partial charge < -0.3 is 5.32 Å². The van der Waals surface area contributed by atoms with E-state index in [0.717, 1.165) is 22.2 Å². The molecule has 1 aromatic carbocycles. The number of aryl methyl sites for hydroxylation is 1. The summed E-state index contributed by atoms with van der Waals surface area (Å²) in [6.45, 7) is 10.5. The van der Waals surface area contributed by atoms with Gasteiger partial charge in [0.1, 0.15) is 0 Å². The molecule has 3 heteroatoms. The van der Waals surface area contributed by atoms with Crippen molar-refractivity contribution in [2.24, 2.45) is 4.99 Å². The standard InChI is InChI=1S/C14H18N2S/c1-5-14(4)11(3)17-13(16-14)15-12-8-6-10(2)7-9-12/h6-9H,3,5H2,1-2,4H3,(H,15,16). The first kappa shape index (κ1) is 12.2. The molecule has 0 radical (unpaired) electrons. The van der Waals surface area contributed by atoms with E-state index < -0.39 is 0 Å². The predicted molar refractivity (Wildman–Crippen MR) is 77.7 cm³/mol. The van der Waals surface area contributed by atoms with Crippen molar-refractivity contribution in [3.8, 4) is 0 Å². The maximum atomic E-state index is 4.71. The molecule has 1 aliphatic heterocycles. The van der Waals surface area contributed by atoms with Gasteiger partial charge in [-0.1, -0.05) is 43.0 Å². The molecule has 1 unspecified atom stereocenters. The summed E-state index contributed by atoms with van der Waals surface area (Å²) < 4.78 is 0. The van der Waals surface area contributed by atoms with E-state index in [2.05, 4.69) is 56.9 Å². The fourth-order valence-corrected chi connectivity index (χ4v) is 2.69. The van der Waals surface area contributed by atoms with Crippen LogP contribution in [0.15, 0.2) is 40.7 Å². The fraction of sp³-hybridized carbons (Fsp3) is 0.357. The van der Waals surface area contributed by atoms with Crippen LogP contribution in [-0.2, 0) is 0 Å². The highest BCUT2D eigenvalue weighted by atomic mass is 32.2. The number of hydrogen-bond donors (Lipinski definition) is 1. The lowest BCUT2D eigenvalue weighted by Crippen LogP contribution is -2.18. The maximum absolute atomic E-state index is 4.71. The van der Waals surface area contributed by atoms with Gasteiger partial charge in [-0.15, -0.1) is 0 Å². The van der Waals surface area contributed by atoms with Crippen molar-refractivity contribution >= 4 is 22.6 Å². The Morgan fingerprint density at radius 2 is 2.00 bits per heavy atom. The van der Waals surface area contributed by atoms with Crippen molar-refractivity contribution in [2.75, 3.05) is 5.32 Å². The second kappa shape index (κ2) is 4.57. The van der Waals surface area contributed by atoms with E-state index in [9.17, 15) is 0 Å². The minimum Gasteiger partial charge on any atom is -0.335 e. The molecule has 2 nitrogen and oxygen atoms in total. The topological polar surface area (TPSA) is 24.4 Å². The fourth-order valence-electron chi connectivity index (χ4n) is 1.63. The SMILES string of the molecule is C=C1SC(Nc2ccc(C)cc2)=NC1(C)CC. The highest BCUT2D eigenvalue weighted by Gasteiger charge is 2.32. The van der Waals surface area contributed by atoms with Gasteiger partial charge in [0.25, 0.3) is 0 Å². The molecule has 1 aliphatic rings. The second-order valence-electron chi connectivity index (χ2n) is 4.56. The highest BCUT2D eigenvalue weighted by Crippen LogP contribution is 2.40. The molecule has 1 aromatic rings. The summed E-state index contributed by atoms with van der Waals surface area (Å²) in [5.74, 6) is 0. The molecule has 1 heterocycles. The molecular weight excluding hydrogens is 228 g/mol. The Labute approximate surface area is 107 Å². The van der Waals surface area contributed by atoms with E-state index in [1.165, 1.54) is 5.56 Å². The van der Waals surface area contributed by atoms with E-state index in [-0.39, 0.29) is 5.54 Å². The number of nitrogens with zero attached hydrogens (tertiary/aromatic N) is 1. The normalized spacial score (nSPS) is 23.7. The lowest BCUT2D eigenvalue weighted by molar-refractivity contribution is 0.567. The van der Waals surface area contributed by atoms with Crippen molar-refractivity contribution in [2.45, 2.75) is 32.7 Å². The number of aliphatic imine (C=N–C) groups is 1. The molecule has 1 N–H and O–H groups in total. The third kappa shape index (κ3) is 2.55. The zero-order valence-corrected chi connectivity index (χ0v) is 11.4. The Morgan fingerprint density at radius 1 is 1.35 bits per heavy atom. The van der Waals surface area contributed by atoms with E-state index in [0.29, 0.717) is 0 Å². The van der Waals surface area contributed by atoms with Crippen LogP contribution < -0.4 is 5.32 Å². The molecule has 0 aromatic heterocycles. The van der Waals surface area contributed by atoms with E-state index >= 15 is 0 Å². The van der Waals surface area contributed by atoms with Crippen molar-refractivity contribution < 1.29 is 0 Å². The van der Waals surface area contributed by atoms with Gasteiger partial charge in [0.05, 0.1) is 5.54 Å². The molecule has 1 atom stereocenters. The average molecular weight is 246 g/mol. The molecule has 0 amide bonds. The smallest absolute Gasteiger partial charge is 0.166 e. The number of nitrogens with one attached hydrogen (secondary N) is 1. The summed E-state index contributed by atoms with van der Waals surface area (Å²) in [7, 11) is 0. The van der Waals surface area contributed by atoms with Crippen LogP contribution in [0, 0.1) is 6.92 Å². The third-order valence-corrected chi connectivity index (χ3v) is 4.23. The molecular formula is C14H18N2S. The summed E-state index contributed by atoms with van der Waals surface area (Å²) in [6.07, 6.45) is 0.984. The van der Waals surface area contributed by atoms with Gasteiger partial charge in [-0.25, -0.2) is 0 Å². The molecule has 0 aliphatic carbocycles. The lowest BCUT2D eigenvalue weighted by Gasteiger charge is -2.17. The Bertz CT molecular complexity index is 462. The van der Waals surface area contributed by atoms with Crippen molar-refractivity contribution in [1.82, 2.24) is 0 Å². The van der Waals surface area contributed by atoms with Gasteiger partial charge in [0.15, 0.2) is 5.17 Å². The molecule has 0 spiro atoms. The average Bonchev–Trinajstić information content (AvgIpc) is 2.58. The van der Waals surface area contributed by atoms with Crippen LogP contribution in [0.25, 0.3) is 0 Å². The zero-order valence-electron chi connectivity index (χ0n) is 10.6. The molecule has 0 saturated heterocycles. The van der Waals surface area contributed by atoms with Gasteiger partial charge in [0.2, 0.25) is 0 Å². The number of hydrogen-bond acceptors (Lipinski definition) is 3. The maximum Gasteiger partial charge on any atom is 0.166 e. The van der Waals surface area contributed by atoms with Crippen LogP contribution in [0.4, 0.5) is 5.69 Å². The molecule has 0 saturated carbocycles. The number of thioether (sulfide) groups is 1. The van der Waals surface area contributed by atoms with Crippen molar-refractivity contribution in [1.29, 1.82) is 0 Å². The largest absolute Gasteiger partial charge is 0.335 e. The Kier molecular flexibility index (Phi) is 3.29. The number of rotatable bonds is 2. The Hall–Kier alpha value is -1.22. The monoisotopic (exact) mass is 246 g/mol. The van der Waals surface area contributed by atoms with Gasteiger partial charge >= 0.3 is 0 Å². The van der Waals surface area contributed by atoms with Crippen LogP contribution in [0.1, 0.15) is 25.8 Å². The van der Waals surface area contributed by atoms with Crippen molar-refractivity contribution in [3.63, 3.8) is 0 Å². The van der Waals surface area contributed by atoms with Crippen LogP contribution in [0.5, 0.6) is 0 Å². The first-order valence-electron chi connectivity index (χ1n) is 5.84. The third-order valence-electron chi connectivity index (χ3n) is 3.16. The molecule has 17 heavy (non-hydrogen) atoms. The lowest BCUT2D eigenvalue weighted by atomic mass is 10.0. The summed E-state index contributed by atoms with van der Waals surface area (Å²) in [5.41, 5.74) is 2.23. The highest BCUT2D eigenvalue weighted by molar-refractivity contribution is 8.17. The van der Waals surface area contributed by atoms with Gasteiger partial charge in [-0.2, -0.15) is 0 Å². The Balaban J connectivity index is 2.13. The Morgan fingerprint density at radius 3 is 2.53 bits per heavy atom. The first-order valence-corrected chi connectivity index (χ1v) is 6.66. The van der Waals surface area contributed by atoms with Crippen LogP contribution in [0.2, 0.25) is 0 Å². The van der Waals surface area contributed by atoms with Gasteiger partial charge in [0, 0.05) is 10.6 Å². The van der Waals surface area contributed by atoms with E-state index in [1.54, 1.807) is 11.8 Å². The predicted octanol–water partition coefficient (Wildman–Crippen LogP) is 4.19. The van der Waals surface area contributed by atoms with Crippen LogP contribution in [-0.4, -0.2) is 10.7 Å². The first-order chi connectivity index (χ1) is 8.03. The van der Waals surface area contributed by atoms with Crippen molar-refractivity contribution in [3.05, 3.63) is 41.3 Å². The second-order valence-corrected chi connectivity index (χ2v) is 5.64. The molecule has 90 valence electrons. The van der Waals surface area contributed by atoms with Gasteiger partial charge in [-0.3, -0.25) is 4.99 Å². The minimum atomic E-state index is -0.113. The van der Waals surface area contributed by atoms with E-state index in [4.69, 9.17) is 4.99 Å². The zero-order chi connectivity index (χ0) is 12.5. The number of benzene rings is 1. The quantitative estimate of drug-likeness (QED) is 0.846. The van der Waals surface area contributed by atoms with Gasteiger partial charge in [-0.05, 0) is 32.4 Å². The van der Waals surface area contributed by atoms with Crippen LogP contribution in [0.3, 0.4) is 0 Å². The minimum absolute atomic E-state index is 0.113. The molecule has 2 rings (SSSR count). The van der Waals surface area contributed by atoms with E-state index in [1.807, 2.05) is 0 Å². The summed E-state index contributed by atoms with van der Waals surface area (Å²) in [5, 5.41) is 4.29. The molecule has 0 bridgehead atoms.